The Morgan fingerprint density at radius 2 is 2.05 bits per heavy atom. The van der Waals surface area contributed by atoms with E-state index in [4.69, 9.17) is 9.47 Å². The van der Waals surface area contributed by atoms with Crippen molar-refractivity contribution in [2.24, 2.45) is 11.8 Å². The maximum absolute atomic E-state index is 10.6. The van der Waals surface area contributed by atoms with Crippen molar-refractivity contribution in [1.82, 2.24) is 4.90 Å². The molecule has 1 aromatic carbocycles. The van der Waals surface area contributed by atoms with Crippen LogP contribution in [0.15, 0.2) is 18.2 Å². The van der Waals surface area contributed by atoms with Crippen molar-refractivity contribution >= 4 is 0 Å². The monoisotopic (exact) mass is 291 g/mol. The number of rotatable bonds is 4. The summed E-state index contributed by atoms with van der Waals surface area (Å²) in [5.74, 6) is 2.51. The lowest BCUT2D eigenvalue weighted by Gasteiger charge is -2.26. The number of aliphatic hydroxyl groups excluding tert-OH is 1. The smallest absolute Gasteiger partial charge is 0.161 e. The fourth-order valence-corrected chi connectivity index (χ4v) is 3.27. The summed E-state index contributed by atoms with van der Waals surface area (Å²) in [7, 11) is 0. The second-order valence-corrected chi connectivity index (χ2v) is 6.48. The molecule has 21 heavy (non-hydrogen) atoms. The number of likely N-dealkylation sites (tertiary alicyclic amines) is 1. The fraction of sp³-hybridized carbons (Fsp3) is 0.647. The molecule has 4 nitrogen and oxygen atoms in total. The number of ether oxygens (including phenoxy) is 2. The summed E-state index contributed by atoms with van der Waals surface area (Å²) < 4.78 is 11.1. The number of aliphatic hydroxyl groups is 1. The highest BCUT2D eigenvalue weighted by Gasteiger charge is 2.25. The lowest BCUT2D eigenvalue weighted by Crippen LogP contribution is -2.29. The largest absolute Gasteiger partial charge is 0.486 e. The minimum absolute atomic E-state index is 0.206. The molecular formula is C17H25NO3. The molecule has 1 fully saturated rings. The molecule has 0 aliphatic carbocycles. The Labute approximate surface area is 126 Å². The van der Waals surface area contributed by atoms with E-state index in [9.17, 15) is 5.11 Å². The summed E-state index contributed by atoms with van der Waals surface area (Å²) in [4.78, 5) is 2.45. The van der Waals surface area contributed by atoms with Gasteiger partial charge in [-0.1, -0.05) is 19.9 Å². The fourth-order valence-electron chi connectivity index (χ4n) is 3.27. The van der Waals surface area contributed by atoms with E-state index in [1.807, 2.05) is 18.2 Å². The zero-order valence-corrected chi connectivity index (χ0v) is 12.9. The Balaban J connectivity index is 1.65. The van der Waals surface area contributed by atoms with Gasteiger partial charge in [-0.3, -0.25) is 0 Å². The number of benzene rings is 1. The third-order valence-corrected chi connectivity index (χ3v) is 4.50. The predicted octanol–water partition coefficient (Wildman–Crippen LogP) is 2.47. The summed E-state index contributed by atoms with van der Waals surface area (Å²) in [5, 5.41) is 10.6. The normalized spacial score (nSPS) is 24.8. The topological polar surface area (TPSA) is 41.9 Å². The second-order valence-electron chi connectivity index (χ2n) is 6.48. The molecule has 0 amide bonds. The van der Waals surface area contributed by atoms with Crippen LogP contribution in [-0.4, -0.2) is 42.9 Å². The van der Waals surface area contributed by atoms with Gasteiger partial charge in [0.25, 0.3) is 0 Å². The first-order valence-corrected chi connectivity index (χ1v) is 7.93. The molecule has 0 saturated carbocycles. The van der Waals surface area contributed by atoms with Crippen molar-refractivity contribution in [3.05, 3.63) is 23.8 Å². The van der Waals surface area contributed by atoms with Crippen LogP contribution in [0.4, 0.5) is 0 Å². The summed E-state index contributed by atoms with van der Waals surface area (Å²) >= 11 is 0. The molecule has 3 rings (SSSR count). The molecule has 0 bridgehead atoms. The van der Waals surface area contributed by atoms with Crippen molar-refractivity contribution in [3.63, 3.8) is 0 Å². The SMILES string of the molecule is CC1CCN(C[C@@H](C)[C@H](O)c2ccc3c(c2)OCCO3)C1. The van der Waals surface area contributed by atoms with Crippen molar-refractivity contribution in [1.29, 1.82) is 0 Å². The quantitative estimate of drug-likeness (QED) is 0.925. The highest BCUT2D eigenvalue weighted by molar-refractivity contribution is 5.44. The van der Waals surface area contributed by atoms with Gasteiger partial charge in [-0.2, -0.15) is 0 Å². The zero-order valence-electron chi connectivity index (χ0n) is 12.9. The maximum atomic E-state index is 10.6. The minimum atomic E-state index is -0.461. The van der Waals surface area contributed by atoms with Gasteiger partial charge in [-0.15, -0.1) is 0 Å². The molecule has 116 valence electrons. The summed E-state index contributed by atoms with van der Waals surface area (Å²) in [5.41, 5.74) is 0.916. The highest BCUT2D eigenvalue weighted by Crippen LogP contribution is 2.34. The Kier molecular flexibility index (Phi) is 4.36. The van der Waals surface area contributed by atoms with Gasteiger partial charge < -0.3 is 19.5 Å². The average Bonchev–Trinajstić information content (AvgIpc) is 2.91. The molecule has 2 aliphatic rings. The Hall–Kier alpha value is -1.26. The number of nitrogens with zero attached hydrogens (tertiary/aromatic N) is 1. The van der Waals surface area contributed by atoms with Gasteiger partial charge >= 0.3 is 0 Å². The Morgan fingerprint density at radius 3 is 2.76 bits per heavy atom. The molecule has 2 aliphatic heterocycles. The van der Waals surface area contributed by atoms with Gasteiger partial charge in [0.1, 0.15) is 13.2 Å². The molecular weight excluding hydrogens is 266 g/mol. The third kappa shape index (κ3) is 3.33. The average molecular weight is 291 g/mol. The lowest BCUT2D eigenvalue weighted by atomic mass is 9.96. The molecule has 1 unspecified atom stereocenters. The van der Waals surface area contributed by atoms with E-state index in [0.29, 0.717) is 13.2 Å². The molecule has 0 aromatic heterocycles. The highest BCUT2D eigenvalue weighted by atomic mass is 16.6. The molecule has 1 saturated heterocycles. The van der Waals surface area contributed by atoms with Crippen LogP contribution >= 0.6 is 0 Å². The van der Waals surface area contributed by atoms with Gasteiger partial charge in [0.15, 0.2) is 11.5 Å². The van der Waals surface area contributed by atoms with Crippen LogP contribution in [0.3, 0.4) is 0 Å². The molecule has 2 heterocycles. The lowest BCUT2D eigenvalue weighted by molar-refractivity contribution is 0.0929. The van der Waals surface area contributed by atoms with Crippen molar-refractivity contribution < 1.29 is 14.6 Å². The van der Waals surface area contributed by atoms with Gasteiger partial charge in [0, 0.05) is 13.1 Å². The van der Waals surface area contributed by atoms with Crippen LogP contribution in [0.25, 0.3) is 0 Å². The molecule has 1 N–H and O–H groups in total. The van der Waals surface area contributed by atoms with Crippen LogP contribution < -0.4 is 9.47 Å². The molecule has 0 radical (unpaired) electrons. The summed E-state index contributed by atoms with van der Waals surface area (Å²) in [6.07, 6.45) is 0.809. The van der Waals surface area contributed by atoms with Gasteiger partial charge in [0.05, 0.1) is 6.10 Å². The Bertz CT molecular complexity index is 491. The van der Waals surface area contributed by atoms with Crippen LogP contribution in [0.2, 0.25) is 0 Å². The first-order valence-electron chi connectivity index (χ1n) is 7.93. The zero-order chi connectivity index (χ0) is 14.8. The number of hydrogen-bond acceptors (Lipinski definition) is 4. The maximum Gasteiger partial charge on any atom is 0.161 e. The van der Waals surface area contributed by atoms with Gasteiger partial charge in [-0.05, 0) is 42.5 Å². The van der Waals surface area contributed by atoms with E-state index in [-0.39, 0.29) is 5.92 Å². The third-order valence-electron chi connectivity index (χ3n) is 4.50. The van der Waals surface area contributed by atoms with Crippen LogP contribution in [0.5, 0.6) is 11.5 Å². The first-order chi connectivity index (χ1) is 10.1. The van der Waals surface area contributed by atoms with E-state index in [0.717, 1.165) is 42.6 Å². The summed E-state index contributed by atoms with van der Waals surface area (Å²) in [6, 6.07) is 5.77. The summed E-state index contributed by atoms with van der Waals surface area (Å²) in [6.45, 7) is 8.83. The van der Waals surface area contributed by atoms with Crippen LogP contribution in [-0.2, 0) is 0 Å². The van der Waals surface area contributed by atoms with E-state index in [1.165, 1.54) is 6.42 Å². The minimum Gasteiger partial charge on any atom is -0.486 e. The van der Waals surface area contributed by atoms with Gasteiger partial charge in [-0.25, -0.2) is 0 Å². The van der Waals surface area contributed by atoms with Crippen molar-refractivity contribution in [2.45, 2.75) is 26.4 Å². The van der Waals surface area contributed by atoms with Crippen molar-refractivity contribution in [3.8, 4) is 11.5 Å². The first kappa shape index (κ1) is 14.7. The molecule has 1 aromatic rings. The standard InChI is InChI=1S/C17H25NO3/c1-12-5-6-18(10-12)11-13(2)17(19)14-3-4-15-16(9-14)21-8-7-20-15/h3-4,9,12-13,17,19H,5-8,10-11H2,1-2H3/t12?,13-,17+/m1/s1. The van der Waals surface area contributed by atoms with Crippen LogP contribution in [0, 0.1) is 11.8 Å². The molecule has 3 atom stereocenters. The number of fused-ring (bicyclic) bond motifs is 1. The van der Waals surface area contributed by atoms with Gasteiger partial charge in [0.2, 0.25) is 0 Å². The Morgan fingerprint density at radius 1 is 1.29 bits per heavy atom. The molecule has 0 spiro atoms. The van der Waals surface area contributed by atoms with E-state index < -0.39 is 6.10 Å². The molecule has 4 heteroatoms. The predicted molar refractivity (Wildman–Crippen MR) is 81.8 cm³/mol. The van der Waals surface area contributed by atoms with Crippen molar-refractivity contribution in [2.75, 3.05) is 32.8 Å². The van der Waals surface area contributed by atoms with E-state index >= 15 is 0 Å². The van der Waals surface area contributed by atoms with E-state index in [1.54, 1.807) is 0 Å². The van der Waals surface area contributed by atoms with Crippen LogP contribution in [0.1, 0.15) is 31.9 Å². The number of hydrogen-bond donors (Lipinski definition) is 1. The second kappa shape index (κ2) is 6.24. The van der Waals surface area contributed by atoms with E-state index in [2.05, 4.69) is 18.7 Å².